The van der Waals surface area contributed by atoms with E-state index in [1.165, 1.54) is 0 Å². The minimum Gasteiger partial charge on any atom is -0.412 e. The molecule has 0 aliphatic heterocycles. The van der Waals surface area contributed by atoms with Crippen LogP contribution < -0.4 is 0 Å². The quantitative estimate of drug-likeness (QED) is 0.512. The van der Waals surface area contributed by atoms with Gasteiger partial charge in [0.15, 0.2) is 20.0 Å². The van der Waals surface area contributed by atoms with Crippen LogP contribution in [0.2, 0.25) is 18.1 Å². The zero-order valence-corrected chi connectivity index (χ0v) is 14.9. The Bertz CT molecular complexity index is 481. The molecule has 0 atom stereocenters. The van der Waals surface area contributed by atoms with Gasteiger partial charge in [-0.25, -0.2) is 8.78 Å². The lowest BCUT2D eigenvalue weighted by Gasteiger charge is -2.36. The van der Waals surface area contributed by atoms with Crippen LogP contribution in [-0.2, 0) is 11.0 Å². The molecular formula is C14H21BrF2OSi. The van der Waals surface area contributed by atoms with Crippen LogP contribution in [0.1, 0.15) is 31.9 Å². The fourth-order valence-electron chi connectivity index (χ4n) is 1.38. The summed E-state index contributed by atoms with van der Waals surface area (Å²) in [6, 6.07) is 1.63. The van der Waals surface area contributed by atoms with Gasteiger partial charge in [0.2, 0.25) is 0 Å². The summed E-state index contributed by atoms with van der Waals surface area (Å²) in [6.07, 6.45) is 0. The molecule has 1 rings (SSSR count). The molecule has 0 amide bonds. The molecule has 19 heavy (non-hydrogen) atoms. The van der Waals surface area contributed by atoms with Crippen molar-refractivity contribution >= 4 is 24.2 Å². The van der Waals surface area contributed by atoms with E-state index >= 15 is 0 Å². The molecular weight excluding hydrogens is 330 g/mol. The first kappa shape index (κ1) is 16.8. The Morgan fingerprint density at radius 3 is 2.21 bits per heavy atom. The summed E-state index contributed by atoms with van der Waals surface area (Å²) in [5.74, 6) is -1.66. The highest BCUT2D eigenvalue weighted by atomic mass is 79.9. The van der Waals surface area contributed by atoms with Gasteiger partial charge >= 0.3 is 0 Å². The van der Waals surface area contributed by atoms with Gasteiger partial charge in [-0.15, -0.1) is 0 Å². The first-order valence-electron chi connectivity index (χ1n) is 6.24. The predicted octanol–water partition coefficient (Wildman–Crippen LogP) is 5.56. The lowest BCUT2D eigenvalue weighted by molar-refractivity contribution is 0.269. The molecule has 0 radical (unpaired) electrons. The highest BCUT2D eigenvalue weighted by molar-refractivity contribution is 9.10. The fraction of sp³-hybridized carbons (Fsp3) is 0.571. The van der Waals surface area contributed by atoms with Gasteiger partial charge in [-0.05, 0) is 52.6 Å². The van der Waals surface area contributed by atoms with Crippen molar-refractivity contribution in [3.8, 4) is 0 Å². The van der Waals surface area contributed by atoms with Crippen LogP contribution in [0.15, 0.2) is 10.5 Å². The van der Waals surface area contributed by atoms with Crippen molar-refractivity contribution in [1.82, 2.24) is 0 Å². The SMILES string of the molecule is Cc1cc(CO[Si](C)(C)C(C)(C)C)c(F)c(F)c1Br. The zero-order valence-electron chi connectivity index (χ0n) is 12.3. The summed E-state index contributed by atoms with van der Waals surface area (Å²) in [5.41, 5.74) is 0.954. The smallest absolute Gasteiger partial charge is 0.192 e. The Morgan fingerprint density at radius 1 is 1.21 bits per heavy atom. The van der Waals surface area contributed by atoms with Crippen molar-refractivity contribution in [2.45, 2.75) is 52.4 Å². The van der Waals surface area contributed by atoms with Crippen molar-refractivity contribution in [2.24, 2.45) is 0 Å². The van der Waals surface area contributed by atoms with Crippen LogP contribution in [-0.4, -0.2) is 8.32 Å². The minimum absolute atomic E-state index is 0.0480. The highest BCUT2D eigenvalue weighted by Gasteiger charge is 2.37. The first-order valence-corrected chi connectivity index (χ1v) is 9.94. The molecule has 0 aliphatic carbocycles. The maximum absolute atomic E-state index is 13.8. The summed E-state index contributed by atoms with van der Waals surface area (Å²) in [7, 11) is -1.96. The van der Waals surface area contributed by atoms with Crippen LogP contribution in [0.25, 0.3) is 0 Å². The molecule has 0 N–H and O–H groups in total. The summed E-state index contributed by atoms with van der Waals surface area (Å²) in [4.78, 5) is 0. The van der Waals surface area contributed by atoms with Gasteiger partial charge in [-0.2, -0.15) is 0 Å². The van der Waals surface area contributed by atoms with Gasteiger partial charge < -0.3 is 4.43 Å². The summed E-state index contributed by atoms with van der Waals surface area (Å²) < 4.78 is 33.6. The summed E-state index contributed by atoms with van der Waals surface area (Å²) >= 11 is 3.04. The third-order valence-electron chi connectivity index (χ3n) is 3.80. The molecule has 0 fully saturated rings. The van der Waals surface area contributed by atoms with E-state index in [-0.39, 0.29) is 21.7 Å². The second-order valence-corrected chi connectivity index (χ2v) is 11.9. The molecule has 108 valence electrons. The van der Waals surface area contributed by atoms with E-state index in [1.54, 1.807) is 13.0 Å². The lowest BCUT2D eigenvalue weighted by Crippen LogP contribution is -2.40. The highest BCUT2D eigenvalue weighted by Crippen LogP contribution is 2.37. The lowest BCUT2D eigenvalue weighted by atomic mass is 10.1. The largest absolute Gasteiger partial charge is 0.412 e. The van der Waals surface area contributed by atoms with Crippen molar-refractivity contribution < 1.29 is 13.2 Å². The summed E-state index contributed by atoms with van der Waals surface area (Å²) in [6.45, 7) is 12.4. The molecule has 0 unspecified atom stereocenters. The average Bonchev–Trinajstić information content (AvgIpc) is 2.28. The Kier molecular flexibility index (Phi) is 4.97. The third kappa shape index (κ3) is 3.64. The standard InChI is InChI=1S/C14H21BrF2OSi/c1-9-7-10(12(16)13(17)11(9)15)8-18-19(5,6)14(2,3)4/h7H,8H2,1-6H3. The van der Waals surface area contributed by atoms with Gasteiger partial charge in [0, 0.05) is 5.56 Å². The Balaban J connectivity index is 2.97. The molecule has 0 aliphatic rings. The number of halogens is 3. The molecule has 1 nitrogen and oxygen atoms in total. The molecule has 1 aromatic carbocycles. The van der Waals surface area contributed by atoms with Gasteiger partial charge in [-0.1, -0.05) is 20.8 Å². The number of aryl methyl sites for hydroxylation is 1. The minimum atomic E-state index is -1.96. The molecule has 5 heteroatoms. The molecule has 0 saturated heterocycles. The summed E-state index contributed by atoms with van der Waals surface area (Å²) in [5, 5.41) is 0.0480. The third-order valence-corrected chi connectivity index (χ3v) is 9.25. The van der Waals surface area contributed by atoms with E-state index < -0.39 is 20.0 Å². The van der Waals surface area contributed by atoms with Crippen LogP contribution in [0.4, 0.5) is 8.78 Å². The van der Waals surface area contributed by atoms with Crippen molar-refractivity contribution in [1.29, 1.82) is 0 Å². The monoisotopic (exact) mass is 350 g/mol. The van der Waals surface area contributed by atoms with Gasteiger partial charge in [0.1, 0.15) is 0 Å². The van der Waals surface area contributed by atoms with Gasteiger partial charge in [-0.3, -0.25) is 0 Å². The van der Waals surface area contributed by atoms with Crippen molar-refractivity contribution in [2.75, 3.05) is 0 Å². The van der Waals surface area contributed by atoms with Gasteiger partial charge in [0.25, 0.3) is 0 Å². The Hall–Kier alpha value is -0.263. The molecule has 0 heterocycles. The van der Waals surface area contributed by atoms with E-state index in [1.807, 2.05) is 0 Å². The van der Waals surface area contributed by atoms with Crippen LogP contribution in [0.5, 0.6) is 0 Å². The fourth-order valence-corrected chi connectivity index (χ4v) is 2.62. The maximum Gasteiger partial charge on any atom is 0.192 e. The number of rotatable bonds is 3. The number of hydrogen-bond acceptors (Lipinski definition) is 1. The Labute approximate surface area is 123 Å². The normalized spacial score (nSPS) is 12.9. The number of benzene rings is 1. The molecule has 0 spiro atoms. The molecule has 0 saturated carbocycles. The topological polar surface area (TPSA) is 9.23 Å². The maximum atomic E-state index is 13.8. The van der Waals surface area contributed by atoms with E-state index in [9.17, 15) is 8.78 Å². The number of hydrogen-bond donors (Lipinski definition) is 0. The molecule has 0 bridgehead atoms. The van der Waals surface area contributed by atoms with Crippen molar-refractivity contribution in [3.05, 3.63) is 33.3 Å². The predicted molar refractivity (Wildman–Crippen MR) is 80.8 cm³/mol. The van der Waals surface area contributed by atoms with E-state index in [0.29, 0.717) is 5.56 Å². The molecule has 0 aromatic heterocycles. The van der Waals surface area contributed by atoms with Crippen LogP contribution in [0.3, 0.4) is 0 Å². The second kappa shape index (κ2) is 5.62. The van der Waals surface area contributed by atoms with E-state index in [4.69, 9.17) is 4.43 Å². The second-order valence-electron chi connectivity index (χ2n) is 6.34. The average molecular weight is 351 g/mol. The van der Waals surface area contributed by atoms with Crippen LogP contribution >= 0.6 is 15.9 Å². The van der Waals surface area contributed by atoms with E-state index in [2.05, 4.69) is 49.8 Å². The van der Waals surface area contributed by atoms with Crippen LogP contribution in [0, 0.1) is 18.6 Å². The van der Waals surface area contributed by atoms with E-state index in [0.717, 1.165) is 0 Å². The van der Waals surface area contributed by atoms with Crippen molar-refractivity contribution in [3.63, 3.8) is 0 Å². The molecule has 1 aromatic rings. The first-order chi connectivity index (χ1) is 8.47. The van der Waals surface area contributed by atoms with Gasteiger partial charge in [0.05, 0.1) is 11.1 Å². The Morgan fingerprint density at radius 2 is 1.74 bits per heavy atom. The zero-order chi connectivity index (χ0) is 15.0.